The molecule has 2 heterocycles. The number of pyridine rings is 2. The Bertz CT molecular complexity index is 1200. The highest BCUT2D eigenvalue weighted by Gasteiger charge is 2.33. The van der Waals surface area contributed by atoms with Gasteiger partial charge in [0.25, 0.3) is 11.5 Å². The highest BCUT2D eigenvalue weighted by atomic mass is 19.4. The number of rotatable bonds is 6. The van der Waals surface area contributed by atoms with Gasteiger partial charge in [-0.15, -0.1) is 13.2 Å². The van der Waals surface area contributed by atoms with Crippen LogP contribution in [0.3, 0.4) is 0 Å². The SMILES string of the molecule is COc1ccc(C(=O)N[C@@H](c2ccc(OC(F)(F)F)c(F)c2)c2ncccc2F)[nH]c1=O. The van der Waals surface area contributed by atoms with Gasteiger partial charge in [0.15, 0.2) is 17.3 Å². The summed E-state index contributed by atoms with van der Waals surface area (Å²) in [4.78, 5) is 30.6. The van der Waals surface area contributed by atoms with Crippen molar-refractivity contribution in [1.29, 1.82) is 0 Å². The van der Waals surface area contributed by atoms with E-state index in [0.29, 0.717) is 12.1 Å². The second-order valence-corrected chi connectivity index (χ2v) is 6.28. The molecule has 0 fully saturated rings. The van der Waals surface area contributed by atoms with Crippen LogP contribution in [0, 0.1) is 11.6 Å². The number of hydrogen-bond donors (Lipinski definition) is 2. The second kappa shape index (κ2) is 9.04. The van der Waals surface area contributed by atoms with Crippen molar-refractivity contribution in [2.75, 3.05) is 7.11 Å². The molecule has 3 aromatic rings. The number of benzene rings is 1. The number of nitrogens with zero attached hydrogens (tertiary/aromatic N) is 1. The molecule has 1 atom stereocenters. The van der Waals surface area contributed by atoms with Crippen LogP contribution in [0.25, 0.3) is 0 Å². The van der Waals surface area contributed by atoms with E-state index in [2.05, 4.69) is 20.0 Å². The van der Waals surface area contributed by atoms with Gasteiger partial charge in [-0.3, -0.25) is 14.6 Å². The predicted octanol–water partition coefficient (Wildman–Crippen LogP) is 3.47. The first-order valence-electron chi connectivity index (χ1n) is 8.83. The van der Waals surface area contributed by atoms with E-state index in [-0.39, 0.29) is 22.7 Å². The summed E-state index contributed by atoms with van der Waals surface area (Å²) in [6.07, 6.45) is -3.91. The molecule has 12 heteroatoms. The molecule has 1 amide bonds. The first-order valence-corrected chi connectivity index (χ1v) is 8.83. The van der Waals surface area contributed by atoms with Crippen molar-refractivity contribution >= 4 is 5.91 Å². The average Bonchev–Trinajstić information content (AvgIpc) is 2.73. The molecule has 0 aliphatic rings. The lowest BCUT2D eigenvalue weighted by Gasteiger charge is -2.20. The van der Waals surface area contributed by atoms with E-state index in [4.69, 9.17) is 4.74 Å². The summed E-state index contributed by atoms with van der Waals surface area (Å²) in [5.41, 5.74) is -1.39. The van der Waals surface area contributed by atoms with Crippen molar-refractivity contribution < 1.29 is 36.2 Å². The molecule has 0 aliphatic carbocycles. The molecule has 7 nitrogen and oxygen atoms in total. The zero-order valence-electron chi connectivity index (χ0n) is 16.2. The largest absolute Gasteiger partial charge is 0.573 e. The third-order valence-corrected chi connectivity index (χ3v) is 4.19. The highest BCUT2D eigenvalue weighted by molar-refractivity contribution is 5.92. The number of nitrogens with one attached hydrogen (secondary N) is 2. The van der Waals surface area contributed by atoms with Crippen LogP contribution in [0.5, 0.6) is 11.5 Å². The molecule has 0 saturated heterocycles. The van der Waals surface area contributed by atoms with E-state index in [1.165, 1.54) is 31.5 Å². The number of H-pyrrole nitrogens is 1. The van der Waals surface area contributed by atoms with Crippen LogP contribution < -0.4 is 20.3 Å². The van der Waals surface area contributed by atoms with Gasteiger partial charge in [0, 0.05) is 6.20 Å². The maximum atomic E-state index is 14.4. The highest BCUT2D eigenvalue weighted by Crippen LogP contribution is 2.30. The molecule has 0 bridgehead atoms. The number of alkyl halides is 3. The van der Waals surface area contributed by atoms with Crippen LogP contribution in [-0.2, 0) is 0 Å². The van der Waals surface area contributed by atoms with Crippen molar-refractivity contribution in [2.45, 2.75) is 12.4 Å². The standard InChI is InChI=1S/C20H14F5N3O4/c1-31-15-7-5-13(27-19(15)30)18(29)28-16(17-11(21)3-2-8-26-17)10-4-6-14(12(22)9-10)32-20(23,24)25/h2-9,16H,1H3,(H,27,30)(H,28,29)/t16-/m0/s1. The van der Waals surface area contributed by atoms with Gasteiger partial charge >= 0.3 is 6.36 Å². The molecule has 168 valence electrons. The van der Waals surface area contributed by atoms with Crippen molar-refractivity contribution in [1.82, 2.24) is 15.3 Å². The molecule has 0 radical (unpaired) electrons. The summed E-state index contributed by atoms with van der Waals surface area (Å²) in [7, 11) is 1.25. The molecule has 2 N–H and O–H groups in total. The van der Waals surface area contributed by atoms with Gasteiger partial charge in [0.1, 0.15) is 17.2 Å². The number of aromatic nitrogens is 2. The number of carbonyl (C=O) groups is 1. The predicted molar refractivity (Wildman–Crippen MR) is 100 cm³/mol. The van der Waals surface area contributed by atoms with Crippen molar-refractivity contribution in [3.8, 4) is 11.5 Å². The zero-order chi connectivity index (χ0) is 23.5. The Balaban J connectivity index is 1.99. The summed E-state index contributed by atoms with van der Waals surface area (Å²) in [6.45, 7) is 0. The Morgan fingerprint density at radius 3 is 2.41 bits per heavy atom. The number of aromatic amines is 1. The Morgan fingerprint density at radius 2 is 1.81 bits per heavy atom. The number of halogens is 5. The monoisotopic (exact) mass is 455 g/mol. The summed E-state index contributed by atoms with van der Waals surface area (Å²) in [5, 5.41) is 2.38. The summed E-state index contributed by atoms with van der Waals surface area (Å²) in [6, 6.07) is 5.71. The fourth-order valence-corrected chi connectivity index (χ4v) is 2.79. The Morgan fingerprint density at radius 1 is 1.09 bits per heavy atom. The van der Waals surface area contributed by atoms with E-state index in [0.717, 1.165) is 12.1 Å². The fourth-order valence-electron chi connectivity index (χ4n) is 2.79. The first kappa shape index (κ1) is 22.7. The molecule has 0 saturated carbocycles. The van der Waals surface area contributed by atoms with Crippen molar-refractivity contribution in [2.24, 2.45) is 0 Å². The number of amides is 1. The topological polar surface area (TPSA) is 93.3 Å². The molecule has 2 aromatic heterocycles. The number of ether oxygens (including phenoxy) is 2. The number of carbonyl (C=O) groups excluding carboxylic acids is 1. The van der Waals surface area contributed by atoms with Crippen LogP contribution >= 0.6 is 0 Å². The van der Waals surface area contributed by atoms with Gasteiger partial charge in [0.2, 0.25) is 0 Å². The normalized spacial score (nSPS) is 12.2. The number of hydrogen-bond acceptors (Lipinski definition) is 5. The molecular formula is C20H14F5N3O4. The van der Waals surface area contributed by atoms with E-state index in [1.807, 2.05) is 0 Å². The van der Waals surface area contributed by atoms with Crippen molar-refractivity contribution in [3.05, 3.63) is 87.6 Å². The minimum absolute atomic E-state index is 0.0591. The quantitative estimate of drug-likeness (QED) is 0.556. The average molecular weight is 455 g/mol. The van der Waals surface area contributed by atoms with Gasteiger partial charge in [0.05, 0.1) is 13.2 Å². The minimum atomic E-state index is -5.12. The van der Waals surface area contributed by atoms with Gasteiger partial charge in [-0.25, -0.2) is 8.78 Å². The van der Waals surface area contributed by atoms with E-state index < -0.39 is 41.3 Å². The van der Waals surface area contributed by atoms with Crippen LogP contribution in [0.2, 0.25) is 0 Å². The van der Waals surface area contributed by atoms with Crippen molar-refractivity contribution in [3.63, 3.8) is 0 Å². The Hall–Kier alpha value is -3.96. The molecule has 0 aliphatic heterocycles. The molecule has 0 unspecified atom stereocenters. The summed E-state index contributed by atoms with van der Waals surface area (Å²) < 4.78 is 74.2. The molecule has 32 heavy (non-hydrogen) atoms. The molecule has 1 aromatic carbocycles. The fraction of sp³-hybridized carbons (Fsp3) is 0.150. The van der Waals surface area contributed by atoms with Gasteiger partial charge in [-0.05, 0) is 42.0 Å². The summed E-state index contributed by atoms with van der Waals surface area (Å²) >= 11 is 0. The zero-order valence-corrected chi connectivity index (χ0v) is 16.2. The van der Waals surface area contributed by atoms with Crippen LogP contribution in [0.1, 0.15) is 27.8 Å². The lowest BCUT2D eigenvalue weighted by atomic mass is 10.0. The summed E-state index contributed by atoms with van der Waals surface area (Å²) in [5.74, 6) is -4.32. The van der Waals surface area contributed by atoms with E-state index in [9.17, 15) is 31.5 Å². The first-order chi connectivity index (χ1) is 15.1. The van der Waals surface area contributed by atoms with Crippen LogP contribution in [-0.4, -0.2) is 29.3 Å². The van der Waals surface area contributed by atoms with Gasteiger partial charge in [-0.1, -0.05) is 6.07 Å². The molecule has 3 rings (SSSR count). The van der Waals surface area contributed by atoms with E-state index >= 15 is 0 Å². The Labute approximate surface area is 176 Å². The van der Waals surface area contributed by atoms with Gasteiger partial charge < -0.3 is 19.8 Å². The maximum Gasteiger partial charge on any atom is 0.573 e. The molecular weight excluding hydrogens is 441 g/mol. The second-order valence-electron chi connectivity index (χ2n) is 6.28. The lowest BCUT2D eigenvalue weighted by molar-refractivity contribution is -0.275. The maximum absolute atomic E-state index is 14.4. The third-order valence-electron chi connectivity index (χ3n) is 4.19. The smallest absolute Gasteiger partial charge is 0.491 e. The third kappa shape index (κ3) is 5.20. The van der Waals surface area contributed by atoms with Crippen LogP contribution in [0.4, 0.5) is 22.0 Å². The van der Waals surface area contributed by atoms with Gasteiger partial charge in [-0.2, -0.15) is 0 Å². The van der Waals surface area contributed by atoms with E-state index in [1.54, 1.807) is 0 Å². The number of methoxy groups -OCH3 is 1. The van der Waals surface area contributed by atoms with Crippen LogP contribution in [0.15, 0.2) is 53.5 Å². The molecule has 0 spiro atoms. The minimum Gasteiger partial charge on any atom is -0.491 e. The Kier molecular flexibility index (Phi) is 6.42. The lowest BCUT2D eigenvalue weighted by Crippen LogP contribution is -2.32.